The molecule has 0 saturated heterocycles. The summed E-state index contributed by atoms with van der Waals surface area (Å²) < 4.78 is 0. The highest BCUT2D eigenvalue weighted by molar-refractivity contribution is 6.38. The molecule has 220 valence electrons. The van der Waals surface area contributed by atoms with Crippen LogP contribution in [0.5, 0.6) is 0 Å². The number of anilines is 3. The lowest BCUT2D eigenvalue weighted by Gasteiger charge is -2.29. The SMILES string of the molecule is CN(C)c1nc(NC2CCC(CNC(=O)c3cc(Cl)cc(Cl)c3NC(=O)C#Cc3ccccc3)CC2)nc2ccccc12. The molecule has 8 nitrogen and oxygen atoms in total. The number of halogens is 2. The first-order chi connectivity index (χ1) is 20.8. The lowest BCUT2D eigenvalue weighted by Crippen LogP contribution is -2.34. The standard InChI is InChI=1S/C33H32Cl2N6O2/c1-41(2)31-25-10-6-7-11-28(25)38-33(40-31)37-24-15-12-22(13-16-24)20-36-32(43)26-18-23(34)19-27(35)30(26)39-29(42)17-14-21-8-4-3-5-9-21/h3-11,18-19,22,24H,12-13,15-16,20H2,1-2H3,(H,36,43)(H,39,42)(H,37,38,40). The second kappa shape index (κ2) is 13.8. The van der Waals surface area contributed by atoms with Crippen LogP contribution in [0.15, 0.2) is 66.7 Å². The average molecular weight is 616 g/mol. The van der Waals surface area contributed by atoms with E-state index in [1.165, 1.54) is 12.1 Å². The highest BCUT2D eigenvalue weighted by atomic mass is 35.5. The number of rotatable bonds is 7. The Bertz CT molecular complexity index is 1690. The van der Waals surface area contributed by atoms with Crippen molar-refractivity contribution < 1.29 is 9.59 Å². The summed E-state index contributed by atoms with van der Waals surface area (Å²) in [5.74, 6) is 6.20. The Morgan fingerprint density at radius 3 is 2.42 bits per heavy atom. The summed E-state index contributed by atoms with van der Waals surface area (Å²) >= 11 is 12.6. The fourth-order valence-electron chi connectivity index (χ4n) is 5.17. The Morgan fingerprint density at radius 2 is 1.67 bits per heavy atom. The largest absolute Gasteiger partial charge is 0.362 e. The first kappa shape index (κ1) is 30.1. The third kappa shape index (κ3) is 7.75. The molecule has 0 atom stereocenters. The lowest BCUT2D eigenvalue weighted by molar-refractivity contribution is -0.111. The zero-order chi connectivity index (χ0) is 30.3. The molecule has 1 saturated carbocycles. The van der Waals surface area contributed by atoms with Crippen LogP contribution in [0.4, 0.5) is 17.5 Å². The van der Waals surface area contributed by atoms with Crippen LogP contribution in [0.1, 0.15) is 41.6 Å². The van der Waals surface area contributed by atoms with E-state index in [1.54, 1.807) is 12.1 Å². The van der Waals surface area contributed by atoms with Crippen molar-refractivity contribution >= 4 is 63.4 Å². The van der Waals surface area contributed by atoms with Crippen molar-refractivity contribution in [3.8, 4) is 11.8 Å². The van der Waals surface area contributed by atoms with Crippen LogP contribution < -0.4 is 20.9 Å². The molecule has 2 amide bonds. The second-order valence-electron chi connectivity index (χ2n) is 10.7. The number of aromatic nitrogens is 2. The maximum absolute atomic E-state index is 13.2. The number of nitrogens with zero attached hydrogens (tertiary/aromatic N) is 3. The van der Waals surface area contributed by atoms with E-state index in [4.69, 9.17) is 33.2 Å². The number of para-hydroxylation sites is 1. The molecule has 0 aliphatic heterocycles. The van der Waals surface area contributed by atoms with Crippen molar-refractivity contribution in [1.29, 1.82) is 0 Å². The van der Waals surface area contributed by atoms with Crippen molar-refractivity contribution in [3.63, 3.8) is 0 Å². The number of amides is 2. The molecule has 5 rings (SSSR count). The molecular formula is C33H32Cl2N6O2. The summed E-state index contributed by atoms with van der Waals surface area (Å²) in [6.45, 7) is 0.494. The molecule has 0 unspecified atom stereocenters. The summed E-state index contributed by atoms with van der Waals surface area (Å²) in [7, 11) is 3.96. The fraction of sp³-hybridized carbons (Fsp3) is 0.273. The minimum Gasteiger partial charge on any atom is -0.362 e. The molecule has 1 aliphatic rings. The first-order valence-electron chi connectivity index (χ1n) is 14.1. The van der Waals surface area contributed by atoms with E-state index in [0.29, 0.717) is 29.0 Å². The highest BCUT2D eigenvalue weighted by Gasteiger charge is 2.24. The summed E-state index contributed by atoms with van der Waals surface area (Å²) in [5.41, 5.74) is 1.97. The Morgan fingerprint density at radius 1 is 0.953 bits per heavy atom. The van der Waals surface area contributed by atoms with Crippen LogP contribution in [0.2, 0.25) is 10.0 Å². The Balaban J connectivity index is 1.17. The van der Waals surface area contributed by atoms with Crippen LogP contribution in [0.25, 0.3) is 10.9 Å². The average Bonchev–Trinajstić information content (AvgIpc) is 3.00. The van der Waals surface area contributed by atoms with Crippen molar-refractivity contribution in [1.82, 2.24) is 15.3 Å². The number of hydrogen-bond donors (Lipinski definition) is 3. The fourth-order valence-corrected chi connectivity index (χ4v) is 5.71. The van der Waals surface area contributed by atoms with Gasteiger partial charge < -0.3 is 20.9 Å². The number of carbonyl (C=O) groups excluding carboxylic acids is 2. The van der Waals surface area contributed by atoms with E-state index < -0.39 is 5.91 Å². The normalized spacial score (nSPS) is 16.1. The van der Waals surface area contributed by atoms with E-state index >= 15 is 0 Å². The van der Waals surface area contributed by atoms with Gasteiger partial charge in [0.15, 0.2) is 0 Å². The molecule has 1 aliphatic carbocycles. The van der Waals surface area contributed by atoms with Gasteiger partial charge in [-0.25, -0.2) is 4.98 Å². The van der Waals surface area contributed by atoms with Crippen LogP contribution >= 0.6 is 23.2 Å². The molecule has 3 N–H and O–H groups in total. The molecule has 43 heavy (non-hydrogen) atoms. The summed E-state index contributed by atoms with van der Waals surface area (Å²) in [4.78, 5) is 37.3. The molecule has 1 fully saturated rings. The predicted octanol–water partition coefficient (Wildman–Crippen LogP) is 6.39. The van der Waals surface area contributed by atoms with E-state index in [0.717, 1.165) is 42.4 Å². The molecule has 0 radical (unpaired) electrons. The Kier molecular flexibility index (Phi) is 9.65. The van der Waals surface area contributed by atoms with Gasteiger partial charge in [0, 0.05) is 48.6 Å². The van der Waals surface area contributed by atoms with Crippen LogP contribution in [-0.2, 0) is 4.79 Å². The van der Waals surface area contributed by atoms with Crippen LogP contribution in [-0.4, -0.2) is 48.5 Å². The molecule has 1 heterocycles. The number of nitrogens with one attached hydrogen (secondary N) is 3. The van der Waals surface area contributed by atoms with Gasteiger partial charge in [0.1, 0.15) is 5.82 Å². The van der Waals surface area contributed by atoms with Gasteiger partial charge in [-0.15, -0.1) is 0 Å². The second-order valence-corrected chi connectivity index (χ2v) is 11.6. The van der Waals surface area contributed by atoms with Crippen LogP contribution in [0.3, 0.4) is 0 Å². The number of hydrogen-bond acceptors (Lipinski definition) is 6. The number of benzene rings is 3. The van der Waals surface area contributed by atoms with Gasteiger partial charge in [0.25, 0.3) is 5.91 Å². The van der Waals surface area contributed by atoms with Gasteiger partial charge in [-0.1, -0.05) is 59.5 Å². The molecule has 3 aromatic carbocycles. The van der Waals surface area contributed by atoms with E-state index in [-0.39, 0.29) is 28.2 Å². The van der Waals surface area contributed by atoms with E-state index in [9.17, 15) is 9.59 Å². The van der Waals surface area contributed by atoms with Crippen molar-refractivity contribution in [2.24, 2.45) is 5.92 Å². The quantitative estimate of drug-likeness (QED) is 0.209. The van der Waals surface area contributed by atoms with Crippen molar-refractivity contribution in [2.45, 2.75) is 31.7 Å². The summed E-state index contributed by atoms with van der Waals surface area (Å²) in [5, 5.41) is 10.7. The van der Waals surface area contributed by atoms with Gasteiger partial charge in [0.05, 0.1) is 21.8 Å². The molecule has 10 heteroatoms. The van der Waals surface area contributed by atoms with Gasteiger partial charge in [-0.3, -0.25) is 9.59 Å². The maximum atomic E-state index is 13.2. The van der Waals surface area contributed by atoms with Gasteiger partial charge in [-0.05, 0) is 68.0 Å². The van der Waals surface area contributed by atoms with E-state index in [1.807, 2.05) is 61.5 Å². The lowest BCUT2D eigenvalue weighted by atomic mass is 9.86. The minimum absolute atomic E-state index is 0.160. The molecule has 1 aromatic heterocycles. The summed E-state index contributed by atoms with van der Waals surface area (Å²) in [6.07, 6.45) is 3.72. The third-order valence-corrected chi connectivity index (χ3v) is 7.89. The smallest absolute Gasteiger partial charge is 0.300 e. The highest BCUT2D eigenvalue weighted by Crippen LogP contribution is 2.31. The van der Waals surface area contributed by atoms with Gasteiger partial charge >= 0.3 is 5.91 Å². The molecule has 0 spiro atoms. The third-order valence-electron chi connectivity index (χ3n) is 7.37. The van der Waals surface area contributed by atoms with Gasteiger partial charge in [-0.2, -0.15) is 4.98 Å². The Hall–Kier alpha value is -4.32. The number of fused-ring (bicyclic) bond motifs is 1. The maximum Gasteiger partial charge on any atom is 0.300 e. The zero-order valence-electron chi connectivity index (χ0n) is 24.0. The molecular weight excluding hydrogens is 583 g/mol. The monoisotopic (exact) mass is 614 g/mol. The van der Waals surface area contributed by atoms with Gasteiger partial charge in [0.2, 0.25) is 5.95 Å². The van der Waals surface area contributed by atoms with Crippen molar-refractivity contribution in [3.05, 3.63) is 87.9 Å². The first-order valence-corrected chi connectivity index (χ1v) is 14.9. The predicted molar refractivity (Wildman–Crippen MR) is 174 cm³/mol. The molecule has 0 bridgehead atoms. The number of carbonyl (C=O) groups is 2. The molecule has 4 aromatic rings. The van der Waals surface area contributed by atoms with Crippen LogP contribution in [0, 0.1) is 17.8 Å². The minimum atomic E-state index is -0.582. The Labute approximate surface area is 261 Å². The van der Waals surface area contributed by atoms with E-state index in [2.05, 4.69) is 27.8 Å². The van der Waals surface area contributed by atoms with Crippen molar-refractivity contribution in [2.75, 3.05) is 36.2 Å². The summed E-state index contributed by atoms with van der Waals surface area (Å²) in [6, 6.07) is 20.4. The zero-order valence-corrected chi connectivity index (χ0v) is 25.5. The topological polar surface area (TPSA) is 99.3 Å².